The van der Waals surface area contributed by atoms with E-state index in [1.165, 1.54) is 11.8 Å². The smallest absolute Gasteiger partial charge is 0.308 e. The molecule has 1 heterocycles. The van der Waals surface area contributed by atoms with E-state index in [9.17, 15) is 9.59 Å². The molecule has 0 N–H and O–H groups in total. The molecule has 1 aromatic heterocycles. The maximum atomic E-state index is 12.4. The van der Waals surface area contributed by atoms with Crippen LogP contribution in [-0.2, 0) is 36.8 Å². The molecule has 0 aliphatic carbocycles. The summed E-state index contributed by atoms with van der Waals surface area (Å²) in [6.45, 7) is 2.42. The minimum Gasteiger partial charge on any atom is -0.462 e. The van der Waals surface area contributed by atoms with Gasteiger partial charge in [0.05, 0.1) is 25.7 Å². The molecule has 0 amide bonds. The zero-order valence-corrected chi connectivity index (χ0v) is 18.6. The molecule has 7 heteroatoms. The number of ketones is 1. The standard InChI is InChI=1S/C23H30O5S.4CH4.B/c1-18(24)15-21(12-13-27-17-19-7-4-3-5-8-19)28-23(25)16-20(26-2)10-11-22-9-6-14-29-22;;;;;/h3-9,14,20-21H,10-13,15-17H2,1-2H3;4*1H4;. The lowest BCUT2D eigenvalue weighted by Crippen LogP contribution is -2.26. The van der Waals surface area contributed by atoms with Gasteiger partial charge < -0.3 is 14.2 Å². The first kappa shape index (κ1) is 39.3. The van der Waals surface area contributed by atoms with Crippen LogP contribution in [0.15, 0.2) is 47.8 Å². The summed E-state index contributed by atoms with van der Waals surface area (Å²) in [5.41, 5.74) is 1.08. The maximum absolute atomic E-state index is 12.4. The van der Waals surface area contributed by atoms with Gasteiger partial charge in [-0.15, -0.1) is 11.3 Å². The van der Waals surface area contributed by atoms with Crippen LogP contribution >= 0.6 is 11.3 Å². The number of methoxy groups -OCH3 is 1. The van der Waals surface area contributed by atoms with E-state index in [0.29, 0.717) is 19.6 Å². The molecule has 2 atom stereocenters. The van der Waals surface area contributed by atoms with Gasteiger partial charge in [0.1, 0.15) is 11.9 Å². The largest absolute Gasteiger partial charge is 0.462 e. The number of ether oxygens (including phenoxy) is 3. The average molecular weight is 494 g/mol. The van der Waals surface area contributed by atoms with E-state index in [2.05, 4.69) is 6.07 Å². The Kier molecular flexibility index (Phi) is 26.4. The fourth-order valence-electron chi connectivity index (χ4n) is 2.98. The van der Waals surface area contributed by atoms with Gasteiger partial charge in [0.2, 0.25) is 0 Å². The first-order valence-electron chi connectivity index (χ1n) is 9.92. The van der Waals surface area contributed by atoms with Crippen LogP contribution in [0, 0.1) is 0 Å². The number of hydrogen-bond acceptors (Lipinski definition) is 6. The SMILES string of the molecule is C.C.C.C.COC(CCc1cccs1)CC(=O)OC(CCOCc1ccccc1)CC(C)=O.[B]. The molecule has 1 aromatic carbocycles. The Morgan fingerprint density at radius 1 is 0.912 bits per heavy atom. The summed E-state index contributed by atoms with van der Waals surface area (Å²) in [6, 6.07) is 14.0. The van der Waals surface area contributed by atoms with Crippen LogP contribution in [-0.4, -0.2) is 46.1 Å². The third-order valence-electron chi connectivity index (χ3n) is 4.53. The molecule has 2 unspecified atom stereocenters. The van der Waals surface area contributed by atoms with Gasteiger partial charge in [-0.2, -0.15) is 0 Å². The van der Waals surface area contributed by atoms with Crippen molar-refractivity contribution in [3.63, 3.8) is 0 Å². The maximum Gasteiger partial charge on any atom is 0.308 e. The molecule has 2 aromatic rings. The second kappa shape index (κ2) is 22.8. The van der Waals surface area contributed by atoms with Gasteiger partial charge in [0, 0.05) is 33.2 Å². The predicted octanol–water partition coefficient (Wildman–Crippen LogP) is 6.75. The molecule has 2 rings (SSSR count). The highest BCUT2D eigenvalue weighted by atomic mass is 32.1. The normalized spacial score (nSPS) is 11.1. The van der Waals surface area contributed by atoms with E-state index in [1.54, 1.807) is 18.4 Å². The van der Waals surface area contributed by atoms with Crippen molar-refractivity contribution in [1.29, 1.82) is 0 Å². The quantitative estimate of drug-likeness (QED) is 0.166. The molecule has 0 aliphatic rings. The molecule has 34 heavy (non-hydrogen) atoms. The Hall–Kier alpha value is -1.96. The molecular weight excluding hydrogens is 447 g/mol. The van der Waals surface area contributed by atoms with Gasteiger partial charge in [-0.25, -0.2) is 0 Å². The minimum atomic E-state index is -0.467. The van der Waals surface area contributed by atoms with E-state index in [0.717, 1.165) is 18.4 Å². The van der Waals surface area contributed by atoms with Crippen molar-refractivity contribution in [3.8, 4) is 0 Å². The van der Waals surface area contributed by atoms with Crippen molar-refractivity contribution in [2.75, 3.05) is 13.7 Å². The Morgan fingerprint density at radius 3 is 2.15 bits per heavy atom. The van der Waals surface area contributed by atoms with Gasteiger partial charge >= 0.3 is 5.97 Å². The highest BCUT2D eigenvalue weighted by Gasteiger charge is 2.20. The van der Waals surface area contributed by atoms with Crippen molar-refractivity contribution in [1.82, 2.24) is 0 Å². The van der Waals surface area contributed by atoms with E-state index in [4.69, 9.17) is 14.2 Å². The van der Waals surface area contributed by atoms with Crippen molar-refractivity contribution >= 4 is 31.5 Å². The summed E-state index contributed by atoms with van der Waals surface area (Å²) in [5.74, 6) is -0.343. The van der Waals surface area contributed by atoms with Crippen LogP contribution in [0.4, 0.5) is 0 Å². The average Bonchev–Trinajstić information content (AvgIpc) is 3.22. The lowest BCUT2D eigenvalue weighted by atomic mass is 10.1. The first-order valence-corrected chi connectivity index (χ1v) is 10.8. The molecule has 5 nitrogen and oxygen atoms in total. The Labute approximate surface area is 214 Å². The summed E-state index contributed by atoms with van der Waals surface area (Å²) < 4.78 is 16.7. The van der Waals surface area contributed by atoms with Crippen LogP contribution in [0.25, 0.3) is 0 Å². The van der Waals surface area contributed by atoms with Crippen LogP contribution in [0.3, 0.4) is 0 Å². The molecule has 0 fully saturated rings. The van der Waals surface area contributed by atoms with E-state index in [1.807, 2.05) is 41.8 Å². The number of benzene rings is 1. The Morgan fingerprint density at radius 2 is 1.59 bits per heavy atom. The lowest BCUT2D eigenvalue weighted by molar-refractivity contribution is -0.153. The first-order chi connectivity index (χ1) is 14.1. The molecule has 0 saturated heterocycles. The fourth-order valence-corrected chi connectivity index (χ4v) is 3.71. The summed E-state index contributed by atoms with van der Waals surface area (Å²) >= 11 is 1.70. The van der Waals surface area contributed by atoms with E-state index >= 15 is 0 Å². The summed E-state index contributed by atoms with van der Waals surface area (Å²) in [6.07, 6.45) is 1.83. The van der Waals surface area contributed by atoms with Gasteiger partial charge in [-0.05, 0) is 36.8 Å². The van der Waals surface area contributed by atoms with Gasteiger partial charge in [0.15, 0.2) is 0 Å². The van der Waals surface area contributed by atoms with Gasteiger partial charge in [-0.1, -0.05) is 66.1 Å². The van der Waals surface area contributed by atoms with Crippen LogP contribution in [0.1, 0.15) is 72.8 Å². The third kappa shape index (κ3) is 16.6. The Balaban J connectivity index is -0.000000900. The van der Waals surface area contributed by atoms with E-state index in [-0.39, 0.29) is 68.8 Å². The lowest BCUT2D eigenvalue weighted by Gasteiger charge is -2.19. The summed E-state index contributed by atoms with van der Waals surface area (Å²) in [5, 5.41) is 2.04. The van der Waals surface area contributed by atoms with Crippen molar-refractivity contribution in [2.24, 2.45) is 0 Å². The number of thiophene rings is 1. The monoisotopic (exact) mass is 493 g/mol. The molecule has 0 saturated carbocycles. The Bertz CT molecular complexity index is 722. The third-order valence-corrected chi connectivity index (χ3v) is 5.47. The molecule has 0 bridgehead atoms. The van der Waals surface area contributed by atoms with E-state index < -0.39 is 6.10 Å². The number of esters is 1. The zero-order chi connectivity index (χ0) is 20.9. The van der Waals surface area contributed by atoms with Crippen LogP contribution < -0.4 is 0 Å². The number of hydrogen-bond donors (Lipinski definition) is 0. The molecular formula is C27H46BO5S. The summed E-state index contributed by atoms with van der Waals surface area (Å²) in [7, 11) is 1.61. The highest BCUT2D eigenvalue weighted by Crippen LogP contribution is 2.16. The van der Waals surface area contributed by atoms with Crippen molar-refractivity contribution in [2.45, 2.75) is 87.5 Å². The second-order valence-corrected chi connectivity index (χ2v) is 8.06. The minimum absolute atomic E-state index is 0. The topological polar surface area (TPSA) is 61.8 Å². The van der Waals surface area contributed by atoms with Gasteiger partial charge in [0.25, 0.3) is 0 Å². The van der Waals surface area contributed by atoms with Crippen molar-refractivity contribution < 1.29 is 23.8 Å². The number of rotatable bonds is 14. The fraction of sp³-hybridized carbons (Fsp3) is 0.556. The van der Waals surface area contributed by atoms with Crippen LogP contribution in [0.5, 0.6) is 0 Å². The molecule has 0 aliphatic heterocycles. The van der Waals surface area contributed by atoms with Crippen molar-refractivity contribution in [3.05, 3.63) is 58.3 Å². The number of Topliss-reactive ketones (excluding diaryl/α,β-unsaturated/α-hetero) is 1. The molecule has 0 spiro atoms. The number of aryl methyl sites for hydroxylation is 1. The second-order valence-electron chi connectivity index (χ2n) is 7.02. The van der Waals surface area contributed by atoms with Crippen LogP contribution in [0.2, 0.25) is 0 Å². The number of carbonyl (C=O) groups excluding carboxylic acids is 2. The zero-order valence-electron chi connectivity index (χ0n) is 17.8. The molecule has 193 valence electrons. The molecule has 3 radical (unpaired) electrons. The summed E-state index contributed by atoms with van der Waals surface area (Å²) in [4.78, 5) is 25.2. The number of carbonyl (C=O) groups is 2. The predicted molar refractivity (Wildman–Crippen MR) is 147 cm³/mol. The highest BCUT2D eigenvalue weighted by molar-refractivity contribution is 7.09. The van der Waals surface area contributed by atoms with Gasteiger partial charge in [-0.3, -0.25) is 9.59 Å².